The molecule has 2 aromatic carbocycles. The van der Waals surface area contributed by atoms with Gasteiger partial charge in [0.1, 0.15) is 0 Å². The molecule has 0 saturated carbocycles. The lowest BCUT2D eigenvalue weighted by molar-refractivity contribution is 0.983. The third-order valence-corrected chi connectivity index (χ3v) is 2.42. The van der Waals surface area contributed by atoms with Gasteiger partial charge in [0.05, 0.1) is 0 Å². The van der Waals surface area contributed by atoms with Gasteiger partial charge in [0.15, 0.2) is 0 Å². The molecule has 0 amide bonds. The van der Waals surface area contributed by atoms with Crippen LogP contribution in [0.1, 0.15) is 37.8 Å². The Morgan fingerprint density at radius 3 is 1.70 bits per heavy atom. The van der Waals surface area contributed by atoms with Gasteiger partial charge in [0.2, 0.25) is 0 Å². The van der Waals surface area contributed by atoms with Gasteiger partial charge >= 0.3 is 0 Å². The minimum atomic E-state index is 0.995. The number of benzene rings is 2. The topological polar surface area (TPSA) is 0 Å². The smallest absolute Gasteiger partial charge is 0.0245 e. The molecule has 100 valence electrons. The largest absolute Gasteiger partial charge is 0.101 e. The normalized spacial score (nSPS) is 8.10. The van der Waals surface area contributed by atoms with Crippen molar-refractivity contribution >= 4 is 0 Å². The summed E-state index contributed by atoms with van der Waals surface area (Å²) in [5.74, 6) is 12.0. The van der Waals surface area contributed by atoms with Crippen molar-refractivity contribution in [3.05, 3.63) is 71.8 Å². The van der Waals surface area contributed by atoms with Crippen LogP contribution in [0.25, 0.3) is 0 Å². The molecular weight excluding hydrogens is 240 g/mol. The molecular formula is C20H20. The van der Waals surface area contributed by atoms with E-state index < -0.39 is 0 Å². The number of rotatable bonds is 1. The second-order valence-corrected chi connectivity index (χ2v) is 4.16. The maximum absolute atomic E-state index is 3.10. The van der Waals surface area contributed by atoms with Crippen molar-refractivity contribution in [1.29, 1.82) is 0 Å². The van der Waals surface area contributed by atoms with Gasteiger partial charge in [-0.15, -0.1) is 5.92 Å². The monoisotopic (exact) mass is 260 g/mol. The Morgan fingerprint density at radius 2 is 1.25 bits per heavy atom. The lowest BCUT2D eigenvalue weighted by Crippen LogP contribution is -1.70. The van der Waals surface area contributed by atoms with Crippen LogP contribution in [0.2, 0.25) is 0 Å². The zero-order valence-corrected chi connectivity index (χ0v) is 12.2. The van der Waals surface area contributed by atoms with Crippen LogP contribution in [-0.2, 0) is 0 Å². The molecule has 0 aliphatic rings. The lowest BCUT2D eigenvalue weighted by atomic mass is 10.2. The molecule has 0 heteroatoms. The van der Waals surface area contributed by atoms with E-state index in [1.165, 1.54) is 0 Å². The summed E-state index contributed by atoms with van der Waals surface area (Å²) in [6.07, 6.45) is 2.13. The van der Waals surface area contributed by atoms with Crippen LogP contribution in [0, 0.1) is 23.7 Å². The van der Waals surface area contributed by atoms with Crippen LogP contribution in [0.5, 0.6) is 0 Å². The van der Waals surface area contributed by atoms with E-state index in [4.69, 9.17) is 0 Å². The molecule has 0 unspecified atom stereocenters. The van der Waals surface area contributed by atoms with Crippen molar-refractivity contribution in [3.63, 3.8) is 0 Å². The first-order valence-corrected chi connectivity index (χ1v) is 6.88. The summed E-state index contributed by atoms with van der Waals surface area (Å²) in [6, 6.07) is 20.0. The van der Waals surface area contributed by atoms with Gasteiger partial charge < -0.3 is 0 Å². The third-order valence-electron chi connectivity index (χ3n) is 2.42. The molecule has 2 aromatic rings. The van der Waals surface area contributed by atoms with E-state index in [0.717, 1.165) is 24.0 Å². The summed E-state index contributed by atoms with van der Waals surface area (Å²) in [4.78, 5) is 0. The van der Waals surface area contributed by atoms with Gasteiger partial charge in [0, 0.05) is 17.5 Å². The Kier molecular flexibility index (Phi) is 8.18. The Bertz CT molecular complexity index is 586. The first-order chi connectivity index (χ1) is 9.86. The number of hydrogen-bond acceptors (Lipinski definition) is 0. The molecule has 0 atom stereocenters. The molecule has 2 rings (SSSR count). The summed E-state index contributed by atoms with van der Waals surface area (Å²) >= 11 is 0. The van der Waals surface area contributed by atoms with Gasteiger partial charge in [0.25, 0.3) is 0 Å². The summed E-state index contributed by atoms with van der Waals surface area (Å²) < 4.78 is 0. The predicted molar refractivity (Wildman–Crippen MR) is 87.2 cm³/mol. The summed E-state index contributed by atoms with van der Waals surface area (Å²) in [7, 11) is 0. The van der Waals surface area contributed by atoms with Crippen molar-refractivity contribution in [2.75, 3.05) is 0 Å². The van der Waals surface area contributed by atoms with E-state index in [9.17, 15) is 0 Å². The Labute approximate surface area is 122 Å². The summed E-state index contributed by atoms with van der Waals surface area (Å²) in [5.41, 5.74) is 2.20. The van der Waals surface area contributed by atoms with E-state index in [0.29, 0.717) is 0 Å². The van der Waals surface area contributed by atoms with E-state index in [2.05, 4.69) is 30.6 Å². The van der Waals surface area contributed by atoms with Gasteiger partial charge in [-0.05, 0) is 37.6 Å². The fraction of sp³-hybridized carbons (Fsp3) is 0.200. The molecule has 20 heavy (non-hydrogen) atoms. The fourth-order valence-corrected chi connectivity index (χ4v) is 1.48. The average Bonchev–Trinajstić information content (AvgIpc) is 2.51. The second kappa shape index (κ2) is 10.5. The highest BCUT2D eigenvalue weighted by Gasteiger charge is 1.79. The van der Waals surface area contributed by atoms with Crippen LogP contribution >= 0.6 is 0 Å². The average molecular weight is 260 g/mol. The van der Waals surface area contributed by atoms with Gasteiger partial charge in [-0.1, -0.05) is 61.1 Å². The minimum Gasteiger partial charge on any atom is -0.101 e. The SMILES string of the molecule is CC#Cc1ccccc1.CCCC#Cc1ccccc1. The molecule has 0 bridgehead atoms. The first-order valence-electron chi connectivity index (χ1n) is 6.88. The molecule has 0 aliphatic heterocycles. The van der Waals surface area contributed by atoms with Crippen LogP contribution in [0.4, 0.5) is 0 Å². The number of hydrogen-bond donors (Lipinski definition) is 0. The van der Waals surface area contributed by atoms with Crippen LogP contribution < -0.4 is 0 Å². The zero-order chi connectivity index (χ0) is 14.5. The predicted octanol–water partition coefficient (Wildman–Crippen LogP) is 4.90. The summed E-state index contributed by atoms with van der Waals surface area (Å²) in [6.45, 7) is 3.98. The molecule has 0 aliphatic carbocycles. The maximum Gasteiger partial charge on any atom is 0.0245 e. The molecule has 0 spiro atoms. The Balaban J connectivity index is 0.000000204. The maximum atomic E-state index is 3.10. The lowest BCUT2D eigenvalue weighted by Gasteiger charge is -1.85. The van der Waals surface area contributed by atoms with Crippen molar-refractivity contribution < 1.29 is 0 Å². The van der Waals surface area contributed by atoms with Crippen LogP contribution in [0.3, 0.4) is 0 Å². The first kappa shape index (κ1) is 15.6. The van der Waals surface area contributed by atoms with Crippen LogP contribution in [0.15, 0.2) is 60.7 Å². The van der Waals surface area contributed by atoms with Crippen molar-refractivity contribution in [3.8, 4) is 23.7 Å². The quantitative estimate of drug-likeness (QED) is 0.640. The van der Waals surface area contributed by atoms with E-state index in [-0.39, 0.29) is 0 Å². The van der Waals surface area contributed by atoms with Crippen molar-refractivity contribution in [2.45, 2.75) is 26.7 Å². The zero-order valence-electron chi connectivity index (χ0n) is 12.2. The highest BCUT2D eigenvalue weighted by molar-refractivity contribution is 5.33. The van der Waals surface area contributed by atoms with E-state index in [1.54, 1.807) is 0 Å². The Morgan fingerprint density at radius 1 is 0.750 bits per heavy atom. The van der Waals surface area contributed by atoms with Crippen molar-refractivity contribution in [1.82, 2.24) is 0 Å². The summed E-state index contributed by atoms with van der Waals surface area (Å²) in [5, 5.41) is 0. The standard InChI is InChI=1S/C11H12.C9H8/c1-2-3-5-8-11-9-6-4-7-10-11;1-2-6-9-7-4-3-5-8-9/h4,6-7,9-10H,2-3H2,1H3;3-5,7-8H,1H3. The third kappa shape index (κ3) is 7.10. The fourth-order valence-electron chi connectivity index (χ4n) is 1.48. The number of unbranched alkanes of at least 4 members (excludes halogenated alkanes) is 1. The molecule has 0 aromatic heterocycles. The highest BCUT2D eigenvalue weighted by Crippen LogP contribution is 1.95. The molecule has 0 nitrogen and oxygen atoms in total. The van der Waals surface area contributed by atoms with E-state index >= 15 is 0 Å². The van der Waals surface area contributed by atoms with Gasteiger partial charge in [-0.25, -0.2) is 0 Å². The molecule has 0 fully saturated rings. The van der Waals surface area contributed by atoms with Crippen LogP contribution in [-0.4, -0.2) is 0 Å². The van der Waals surface area contributed by atoms with Gasteiger partial charge in [-0.2, -0.15) is 0 Å². The molecule has 0 N–H and O–H groups in total. The minimum absolute atomic E-state index is 0.995. The molecule has 0 saturated heterocycles. The molecule has 0 heterocycles. The molecule has 0 radical (unpaired) electrons. The van der Waals surface area contributed by atoms with E-state index in [1.807, 2.05) is 67.6 Å². The second-order valence-electron chi connectivity index (χ2n) is 4.16. The van der Waals surface area contributed by atoms with Gasteiger partial charge in [-0.3, -0.25) is 0 Å². The highest BCUT2D eigenvalue weighted by atomic mass is 13.8. The van der Waals surface area contributed by atoms with Crippen molar-refractivity contribution in [2.24, 2.45) is 0 Å². The Hall–Kier alpha value is -2.44.